The zero-order valence-corrected chi connectivity index (χ0v) is 13.1. The van der Waals surface area contributed by atoms with Crippen LogP contribution >= 0.6 is 0 Å². The van der Waals surface area contributed by atoms with E-state index >= 15 is 0 Å². The summed E-state index contributed by atoms with van der Waals surface area (Å²) in [5, 5.41) is 0. The van der Waals surface area contributed by atoms with Crippen molar-refractivity contribution >= 4 is 10.0 Å². The summed E-state index contributed by atoms with van der Waals surface area (Å²) in [7, 11) is -1.71. The van der Waals surface area contributed by atoms with Gasteiger partial charge in [0.1, 0.15) is 10.7 Å². The van der Waals surface area contributed by atoms with Crippen molar-refractivity contribution < 1.29 is 12.8 Å². The molecule has 0 aromatic heterocycles. The van der Waals surface area contributed by atoms with Crippen molar-refractivity contribution in [1.29, 1.82) is 0 Å². The smallest absolute Gasteiger partial charge is 0.243 e. The molecule has 6 heteroatoms. The van der Waals surface area contributed by atoms with Gasteiger partial charge in [0.05, 0.1) is 0 Å². The third-order valence-corrected chi connectivity index (χ3v) is 4.73. The molecule has 0 aliphatic heterocycles. The van der Waals surface area contributed by atoms with Crippen LogP contribution in [0.1, 0.15) is 26.7 Å². The Bertz CT molecular complexity index is 518. The van der Waals surface area contributed by atoms with Gasteiger partial charge in [0, 0.05) is 12.6 Å². The van der Waals surface area contributed by atoms with Crippen molar-refractivity contribution in [1.82, 2.24) is 9.62 Å². The number of sulfonamides is 1. The second-order valence-corrected chi connectivity index (χ2v) is 6.85. The molecule has 0 amide bonds. The van der Waals surface area contributed by atoms with E-state index in [4.69, 9.17) is 0 Å². The van der Waals surface area contributed by atoms with Gasteiger partial charge in [0.2, 0.25) is 10.0 Å². The normalized spacial score (nSPS) is 12.3. The molecular formula is C14H23FN2O2S. The summed E-state index contributed by atoms with van der Waals surface area (Å²) in [6.45, 7) is 5.46. The van der Waals surface area contributed by atoms with Crippen LogP contribution in [-0.2, 0) is 10.0 Å². The van der Waals surface area contributed by atoms with Gasteiger partial charge in [-0.05, 0) is 52.4 Å². The molecule has 0 saturated heterocycles. The Labute approximate surface area is 121 Å². The second-order valence-electron chi connectivity index (χ2n) is 5.11. The molecule has 1 rings (SSSR count). The lowest BCUT2D eigenvalue weighted by molar-refractivity contribution is 0.268. The van der Waals surface area contributed by atoms with E-state index in [0.29, 0.717) is 12.6 Å². The van der Waals surface area contributed by atoms with Crippen LogP contribution < -0.4 is 4.72 Å². The van der Waals surface area contributed by atoms with Crippen LogP contribution in [0.15, 0.2) is 29.2 Å². The number of benzene rings is 1. The van der Waals surface area contributed by atoms with Crippen molar-refractivity contribution in [3.05, 3.63) is 30.1 Å². The Morgan fingerprint density at radius 3 is 2.50 bits per heavy atom. The molecule has 0 fully saturated rings. The average molecular weight is 302 g/mol. The first-order valence-electron chi connectivity index (χ1n) is 6.79. The highest BCUT2D eigenvalue weighted by Crippen LogP contribution is 2.12. The number of rotatable bonds is 8. The van der Waals surface area contributed by atoms with Crippen LogP contribution in [0.2, 0.25) is 0 Å². The maximum Gasteiger partial charge on any atom is 0.243 e. The van der Waals surface area contributed by atoms with E-state index in [1.807, 2.05) is 7.05 Å². The van der Waals surface area contributed by atoms with E-state index in [1.54, 1.807) is 0 Å². The third kappa shape index (κ3) is 5.19. The van der Waals surface area contributed by atoms with Crippen LogP contribution in [0.4, 0.5) is 4.39 Å². The Hall–Kier alpha value is -0.980. The standard InChI is InChI=1S/C14H23FN2O2S/c1-12(2)17(3)11-7-6-10-16-20(18,19)14-9-5-4-8-13(14)15/h4-5,8-9,12,16H,6-7,10-11H2,1-3H3. The van der Waals surface area contributed by atoms with Gasteiger partial charge in [-0.2, -0.15) is 0 Å². The van der Waals surface area contributed by atoms with Gasteiger partial charge >= 0.3 is 0 Å². The summed E-state index contributed by atoms with van der Waals surface area (Å²) in [6, 6.07) is 5.87. The average Bonchev–Trinajstić information content (AvgIpc) is 2.38. The Balaban J connectivity index is 2.40. The van der Waals surface area contributed by atoms with Crippen molar-refractivity contribution in [2.75, 3.05) is 20.1 Å². The lowest BCUT2D eigenvalue weighted by atomic mass is 10.2. The van der Waals surface area contributed by atoms with E-state index < -0.39 is 15.8 Å². The highest BCUT2D eigenvalue weighted by molar-refractivity contribution is 7.89. The largest absolute Gasteiger partial charge is 0.304 e. The third-order valence-electron chi connectivity index (χ3n) is 3.24. The van der Waals surface area contributed by atoms with Gasteiger partial charge in [-0.1, -0.05) is 12.1 Å². The van der Waals surface area contributed by atoms with Gasteiger partial charge in [0.15, 0.2) is 0 Å². The number of nitrogens with one attached hydrogen (secondary N) is 1. The molecule has 0 heterocycles. The number of halogens is 1. The van der Waals surface area contributed by atoms with E-state index in [9.17, 15) is 12.8 Å². The summed E-state index contributed by atoms with van der Waals surface area (Å²) in [4.78, 5) is 1.91. The predicted molar refractivity (Wildman–Crippen MR) is 78.6 cm³/mol. The van der Waals surface area contributed by atoms with E-state index in [1.165, 1.54) is 18.2 Å². The minimum Gasteiger partial charge on any atom is -0.304 e. The molecule has 1 aromatic carbocycles. The van der Waals surface area contributed by atoms with E-state index in [2.05, 4.69) is 23.5 Å². The summed E-state index contributed by atoms with van der Waals surface area (Å²) in [5.74, 6) is -0.723. The van der Waals surface area contributed by atoms with Crippen LogP contribution in [-0.4, -0.2) is 39.5 Å². The zero-order chi connectivity index (χ0) is 15.2. The molecule has 0 aliphatic carbocycles. The Morgan fingerprint density at radius 2 is 1.90 bits per heavy atom. The quantitative estimate of drug-likeness (QED) is 0.749. The summed E-state index contributed by atoms with van der Waals surface area (Å²) in [6.07, 6.45) is 1.62. The molecule has 0 bridgehead atoms. The van der Waals surface area contributed by atoms with Crippen LogP contribution in [0, 0.1) is 5.82 Å². The molecule has 4 nitrogen and oxygen atoms in total. The fourth-order valence-corrected chi connectivity index (χ4v) is 2.84. The minimum absolute atomic E-state index is 0.292. The van der Waals surface area contributed by atoms with Crippen LogP contribution in [0.3, 0.4) is 0 Å². The predicted octanol–water partition coefficient (Wildman–Crippen LogP) is 2.22. The molecule has 0 atom stereocenters. The summed E-state index contributed by atoms with van der Waals surface area (Å²) >= 11 is 0. The Kier molecular flexibility index (Phi) is 6.58. The highest BCUT2D eigenvalue weighted by Gasteiger charge is 2.17. The molecule has 1 N–H and O–H groups in total. The van der Waals surface area contributed by atoms with Gasteiger partial charge in [0.25, 0.3) is 0 Å². The van der Waals surface area contributed by atoms with Gasteiger partial charge in [-0.25, -0.2) is 17.5 Å². The first-order chi connectivity index (χ1) is 9.34. The van der Waals surface area contributed by atoms with Gasteiger partial charge < -0.3 is 4.90 Å². The molecule has 0 saturated carbocycles. The Morgan fingerprint density at radius 1 is 1.25 bits per heavy atom. The second kappa shape index (κ2) is 7.71. The number of nitrogens with zero attached hydrogens (tertiary/aromatic N) is 1. The zero-order valence-electron chi connectivity index (χ0n) is 12.3. The molecule has 0 aliphatic rings. The molecule has 20 heavy (non-hydrogen) atoms. The summed E-state index contributed by atoms with van der Waals surface area (Å²) in [5.41, 5.74) is 0. The SMILES string of the molecule is CC(C)N(C)CCCCNS(=O)(=O)c1ccccc1F. The van der Waals surface area contributed by atoms with Crippen molar-refractivity contribution in [2.24, 2.45) is 0 Å². The maximum atomic E-state index is 13.4. The first kappa shape index (κ1) is 17.1. The fraction of sp³-hybridized carbons (Fsp3) is 0.571. The van der Waals surface area contributed by atoms with Crippen LogP contribution in [0.25, 0.3) is 0 Å². The fourth-order valence-electron chi connectivity index (χ4n) is 1.69. The van der Waals surface area contributed by atoms with Crippen molar-refractivity contribution in [3.8, 4) is 0 Å². The highest BCUT2D eigenvalue weighted by atomic mass is 32.2. The minimum atomic E-state index is -3.75. The lowest BCUT2D eigenvalue weighted by Crippen LogP contribution is -2.29. The van der Waals surface area contributed by atoms with Gasteiger partial charge in [-0.15, -0.1) is 0 Å². The van der Waals surface area contributed by atoms with Gasteiger partial charge in [-0.3, -0.25) is 0 Å². The van der Waals surface area contributed by atoms with Crippen LogP contribution in [0.5, 0.6) is 0 Å². The number of hydrogen-bond acceptors (Lipinski definition) is 3. The maximum absolute atomic E-state index is 13.4. The monoisotopic (exact) mass is 302 g/mol. The van der Waals surface area contributed by atoms with Crippen molar-refractivity contribution in [3.63, 3.8) is 0 Å². The van der Waals surface area contributed by atoms with E-state index in [0.717, 1.165) is 25.5 Å². The molecule has 1 aromatic rings. The van der Waals surface area contributed by atoms with E-state index in [-0.39, 0.29) is 4.90 Å². The lowest BCUT2D eigenvalue weighted by Gasteiger charge is -2.20. The molecule has 0 spiro atoms. The first-order valence-corrected chi connectivity index (χ1v) is 8.27. The topological polar surface area (TPSA) is 49.4 Å². The summed E-state index contributed by atoms with van der Waals surface area (Å²) < 4.78 is 39.7. The number of unbranched alkanes of at least 4 members (excludes halogenated alkanes) is 1. The molecular weight excluding hydrogens is 279 g/mol. The number of hydrogen-bond donors (Lipinski definition) is 1. The van der Waals surface area contributed by atoms with Crippen molar-refractivity contribution in [2.45, 2.75) is 37.6 Å². The molecule has 0 unspecified atom stereocenters. The molecule has 114 valence electrons. The molecule has 0 radical (unpaired) electrons.